The van der Waals surface area contributed by atoms with E-state index >= 15 is 0 Å². The Morgan fingerprint density at radius 1 is 0.911 bits per heavy atom. The Labute approximate surface area is 265 Å². The van der Waals surface area contributed by atoms with Crippen molar-refractivity contribution < 1.29 is 40.3 Å². The van der Waals surface area contributed by atoms with Crippen LogP contribution in [0.2, 0.25) is 0 Å². The Kier molecular flexibility index (Phi) is 11.6. The third-order valence-corrected chi connectivity index (χ3v) is 8.93. The maximum absolute atomic E-state index is 14.0. The molecular formula is C32H39ClF7N3O2. The largest absolute Gasteiger partial charge is 0.416 e. The molecule has 0 saturated carbocycles. The van der Waals surface area contributed by atoms with Gasteiger partial charge in [-0.05, 0) is 100 Å². The number of carbonyl (C=O) groups is 2. The van der Waals surface area contributed by atoms with E-state index in [-0.39, 0.29) is 55.4 Å². The first-order valence-corrected chi connectivity index (χ1v) is 14.8. The molecular weight excluding hydrogens is 627 g/mol. The van der Waals surface area contributed by atoms with Crippen molar-refractivity contribution in [2.75, 3.05) is 33.2 Å². The van der Waals surface area contributed by atoms with Crippen molar-refractivity contribution in [3.8, 4) is 0 Å². The minimum atomic E-state index is -5.01. The highest BCUT2D eigenvalue weighted by molar-refractivity contribution is 5.85. The van der Waals surface area contributed by atoms with Crippen LogP contribution < -0.4 is 0 Å². The molecule has 2 saturated heterocycles. The predicted molar refractivity (Wildman–Crippen MR) is 158 cm³/mol. The SMILES string of the molecule is Cc1cc(F)ccc1C1CN(C(=O)C2CCN(C(C)C)CC2)CCC1C(=O)N(C)Cc1cc(C(F)(F)F)cc(C(F)(F)F)c1.Cl. The molecule has 250 valence electrons. The third-order valence-electron chi connectivity index (χ3n) is 8.93. The number of carbonyl (C=O) groups excluding carboxylic acids is 2. The van der Waals surface area contributed by atoms with Gasteiger partial charge < -0.3 is 14.7 Å². The molecule has 2 heterocycles. The zero-order valence-electron chi connectivity index (χ0n) is 25.6. The Hall–Kier alpha value is -2.86. The number of nitrogens with zero attached hydrogens (tertiary/aromatic N) is 3. The van der Waals surface area contributed by atoms with E-state index in [1.54, 1.807) is 17.9 Å². The van der Waals surface area contributed by atoms with Gasteiger partial charge in [-0.3, -0.25) is 9.59 Å². The Morgan fingerprint density at radius 2 is 1.49 bits per heavy atom. The molecule has 2 aromatic carbocycles. The number of aryl methyl sites for hydroxylation is 1. The van der Waals surface area contributed by atoms with E-state index in [1.807, 2.05) is 0 Å². The van der Waals surface area contributed by atoms with Gasteiger partial charge in [-0.2, -0.15) is 26.3 Å². The molecule has 0 bridgehead atoms. The summed E-state index contributed by atoms with van der Waals surface area (Å²) in [4.78, 5) is 32.6. The number of rotatable bonds is 6. The van der Waals surface area contributed by atoms with E-state index in [0.717, 1.165) is 30.8 Å². The van der Waals surface area contributed by atoms with Gasteiger partial charge >= 0.3 is 12.4 Å². The van der Waals surface area contributed by atoms with Crippen molar-refractivity contribution >= 4 is 24.2 Å². The molecule has 2 aliphatic rings. The standard InChI is InChI=1S/C32H38F7N3O2.ClH/c1-19(2)41-10-7-22(8-11-41)29(43)42-12-9-27(28(18-42)26-6-5-25(33)13-20(26)3)30(44)40(4)17-21-14-23(31(34,35)36)16-24(15-21)32(37,38)39;/h5-6,13-16,19,22,27-28H,7-12,17-18H2,1-4H3;1H. The van der Waals surface area contributed by atoms with Crippen LogP contribution in [0.15, 0.2) is 36.4 Å². The molecule has 45 heavy (non-hydrogen) atoms. The average molecular weight is 666 g/mol. The smallest absolute Gasteiger partial charge is 0.342 e. The number of benzene rings is 2. The van der Waals surface area contributed by atoms with Crippen LogP contribution in [0.4, 0.5) is 30.7 Å². The molecule has 2 aromatic rings. The second-order valence-electron chi connectivity index (χ2n) is 12.3. The monoisotopic (exact) mass is 665 g/mol. The lowest BCUT2D eigenvalue weighted by Crippen LogP contribution is -2.50. The second-order valence-corrected chi connectivity index (χ2v) is 12.3. The summed E-state index contributed by atoms with van der Waals surface area (Å²) >= 11 is 0. The van der Waals surface area contributed by atoms with E-state index in [1.165, 1.54) is 19.2 Å². The van der Waals surface area contributed by atoms with Gasteiger partial charge in [0.05, 0.1) is 11.1 Å². The summed E-state index contributed by atoms with van der Waals surface area (Å²) in [6.45, 7) is 7.53. The number of likely N-dealkylation sites (tertiary alicyclic amines) is 2. The van der Waals surface area contributed by atoms with Gasteiger partial charge in [0.15, 0.2) is 0 Å². The fraction of sp³-hybridized carbons (Fsp3) is 0.562. The summed E-state index contributed by atoms with van der Waals surface area (Å²) in [5.74, 6) is -2.34. The van der Waals surface area contributed by atoms with Crippen molar-refractivity contribution in [1.82, 2.24) is 14.7 Å². The van der Waals surface area contributed by atoms with Gasteiger partial charge in [-0.25, -0.2) is 4.39 Å². The molecule has 0 aromatic heterocycles. The van der Waals surface area contributed by atoms with Gasteiger partial charge in [0, 0.05) is 50.5 Å². The predicted octanol–water partition coefficient (Wildman–Crippen LogP) is 7.30. The van der Waals surface area contributed by atoms with E-state index < -0.39 is 53.6 Å². The van der Waals surface area contributed by atoms with Gasteiger partial charge in [0.1, 0.15) is 5.82 Å². The molecule has 4 rings (SSSR count). The van der Waals surface area contributed by atoms with Crippen LogP contribution in [0.5, 0.6) is 0 Å². The number of halogens is 8. The van der Waals surface area contributed by atoms with Crippen molar-refractivity contribution in [3.63, 3.8) is 0 Å². The lowest BCUT2D eigenvalue weighted by molar-refractivity contribution is -0.144. The Bertz CT molecular complexity index is 1330. The summed E-state index contributed by atoms with van der Waals surface area (Å²) in [5.41, 5.74) is -1.95. The number of hydrogen-bond acceptors (Lipinski definition) is 3. The summed E-state index contributed by atoms with van der Waals surface area (Å²) in [6, 6.07) is 5.86. The third kappa shape index (κ3) is 8.69. The normalized spacial score (nSPS) is 20.2. The van der Waals surface area contributed by atoms with Crippen molar-refractivity contribution in [1.29, 1.82) is 0 Å². The highest BCUT2D eigenvalue weighted by Crippen LogP contribution is 2.39. The molecule has 13 heteroatoms. The van der Waals surface area contributed by atoms with E-state index in [2.05, 4.69) is 18.7 Å². The van der Waals surface area contributed by atoms with Gasteiger partial charge in [0.25, 0.3) is 0 Å². The van der Waals surface area contributed by atoms with E-state index in [4.69, 9.17) is 0 Å². The highest BCUT2D eigenvalue weighted by atomic mass is 35.5. The lowest BCUT2D eigenvalue weighted by atomic mass is 9.77. The van der Waals surface area contributed by atoms with Crippen LogP contribution in [0.25, 0.3) is 0 Å². The highest BCUT2D eigenvalue weighted by Gasteiger charge is 2.41. The van der Waals surface area contributed by atoms with Crippen molar-refractivity contribution in [3.05, 3.63) is 70.0 Å². The molecule has 0 radical (unpaired) electrons. The van der Waals surface area contributed by atoms with Crippen LogP contribution in [0.1, 0.15) is 66.8 Å². The minimum Gasteiger partial charge on any atom is -0.342 e. The average Bonchev–Trinajstić information content (AvgIpc) is 2.95. The Balaban J connectivity index is 0.00000552. The van der Waals surface area contributed by atoms with Crippen molar-refractivity contribution in [2.45, 2.75) is 70.9 Å². The van der Waals surface area contributed by atoms with Crippen LogP contribution in [-0.2, 0) is 28.5 Å². The number of hydrogen-bond donors (Lipinski definition) is 0. The minimum absolute atomic E-state index is 0. The van der Waals surface area contributed by atoms with E-state index in [9.17, 15) is 40.3 Å². The molecule has 2 atom stereocenters. The van der Waals surface area contributed by atoms with Crippen LogP contribution in [0.3, 0.4) is 0 Å². The lowest BCUT2D eigenvalue weighted by Gasteiger charge is -2.42. The maximum atomic E-state index is 14.0. The Morgan fingerprint density at radius 3 is 2.00 bits per heavy atom. The first-order chi connectivity index (χ1) is 20.5. The topological polar surface area (TPSA) is 43.9 Å². The zero-order valence-corrected chi connectivity index (χ0v) is 26.5. The summed E-state index contributed by atoms with van der Waals surface area (Å²) in [6.07, 6.45) is -8.33. The van der Waals surface area contributed by atoms with Gasteiger partial charge in [0.2, 0.25) is 11.8 Å². The molecule has 2 unspecified atom stereocenters. The first-order valence-electron chi connectivity index (χ1n) is 14.8. The number of amides is 2. The van der Waals surface area contributed by atoms with Crippen LogP contribution in [-0.4, -0.2) is 65.8 Å². The fourth-order valence-electron chi connectivity index (χ4n) is 6.48. The van der Waals surface area contributed by atoms with Crippen LogP contribution in [0, 0.1) is 24.6 Å². The molecule has 0 spiro atoms. The van der Waals surface area contributed by atoms with E-state index in [0.29, 0.717) is 29.3 Å². The fourth-order valence-corrected chi connectivity index (χ4v) is 6.48. The molecule has 2 fully saturated rings. The molecule has 2 aliphatic heterocycles. The summed E-state index contributed by atoms with van der Waals surface area (Å²) in [7, 11) is 1.34. The molecule has 0 N–H and O–H groups in total. The quantitative estimate of drug-likeness (QED) is 0.304. The molecule has 2 amide bonds. The number of piperidine rings is 2. The van der Waals surface area contributed by atoms with Gasteiger partial charge in [-0.1, -0.05) is 6.07 Å². The maximum Gasteiger partial charge on any atom is 0.416 e. The van der Waals surface area contributed by atoms with Crippen LogP contribution >= 0.6 is 12.4 Å². The van der Waals surface area contributed by atoms with Crippen molar-refractivity contribution in [2.24, 2.45) is 11.8 Å². The second kappa shape index (κ2) is 14.3. The van der Waals surface area contributed by atoms with Gasteiger partial charge in [-0.15, -0.1) is 12.4 Å². The number of alkyl halides is 6. The first kappa shape index (κ1) is 36.6. The molecule has 0 aliphatic carbocycles. The molecule has 5 nitrogen and oxygen atoms in total. The zero-order chi connectivity index (χ0) is 32.6. The summed E-state index contributed by atoms with van der Waals surface area (Å²) in [5, 5.41) is 0. The summed E-state index contributed by atoms with van der Waals surface area (Å²) < 4.78 is 94.5.